The first kappa shape index (κ1) is 56.5. The lowest BCUT2D eigenvalue weighted by Gasteiger charge is -2.60. The summed E-state index contributed by atoms with van der Waals surface area (Å²) in [5.41, 5.74) is 0. The van der Waals surface area contributed by atoms with Crippen LogP contribution in [0.25, 0.3) is 0 Å². The van der Waals surface area contributed by atoms with Gasteiger partial charge in [-0.15, -0.1) is 0 Å². The van der Waals surface area contributed by atoms with E-state index in [1.54, 1.807) is 0 Å². The van der Waals surface area contributed by atoms with E-state index in [0.717, 1.165) is 0 Å². The van der Waals surface area contributed by atoms with E-state index in [1.807, 2.05) is 0 Å². The predicted molar refractivity (Wildman–Crippen MR) is 278 cm³/mol. The molecule has 0 aliphatic carbocycles. The average Bonchev–Trinajstić information content (AvgIpc) is 2.70. The zero-order valence-corrected chi connectivity index (χ0v) is 59.7. The molecular weight excluding hydrogens is 2300 g/mol. The van der Waals surface area contributed by atoms with Crippen molar-refractivity contribution in [3.8, 4) is 0 Å². The van der Waals surface area contributed by atoms with Crippen LogP contribution in [0.15, 0.2) is 0 Å². The summed E-state index contributed by atoms with van der Waals surface area (Å²) in [6, 6.07) is 0. The first-order valence-electron chi connectivity index (χ1n) is 8.23. The van der Waals surface area contributed by atoms with E-state index in [0.29, 0.717) is 0 Å². The maximum atomic E-state index is 8.59. The van der Waals surface area contributed by atoms with Gasteiger partial charge >= 0.3 is 0 Å². The Hall–Kier alpha value is 12.4. The first-order chi connectivity index (χ1) is 17.5. The highest BCUT2D eigenvalue weighted by molar-refractivity contribution is 9.43. The third-order valence-corrected chi connectivity index (χ3v) is 57.2. The van der Waals surface area contributed by atoms with Crippen molar-refractivity contribution in [2.75, 3.05) is 0 Å². The topological polar surface area (TPSA) is 54.4 Å². The van der Waals surface area contributed by atoms with Crippen LogP contribution in [0.1, 0.15) is 0 Å². The molecule has 30 heteroatoms. The van der Waals surface area contributed by atoms with Gasteiger partial charge in [0, 0.05) is 0 Å². The lowest BCUT2D eigenvalue weighted by Crippen LogP contribution is -2.71. The van der Waals surface area contributed by atoms with Crippen LogP contribution in [0.3, 0.4) is 0 Å². The molecule has 0 spiro atoms. The molecule has 0 heterocycles. The fourth-order valence-electron chi connectivity index (χ4n) is 1.93. The highest BCUT2D eigenvalue weighted by Crippen LogP contribution is 2.81. The Labute approximate surface area is 463 Å². The number of halogens is 26. The van der Waals surface area contributed by atoms with Crippen LogP contribution in [0.4, 0.5) is 0 Å². The van der Waals surface area contributed by atoms with Gasteiger partial charge in [0.15, 0.2) is 4.29 Å². The molecule has 1 N–H and O–H groups in total. The molecule has 0 aromatic heterocycles. The van der Waals surface area contributed by atoms with E-state index in [2.05, 4.69) is 414 Å². The molecule has 0 atom stereocenters. The van der Waals surface area contributed by atoms with Crippen LogP contribution < -0.4 is 0 Å². The summed E-state index contributed by atoms with van der Waals surface area (Å²) in [5.74, 6) is 0. The van der Waals surface area contributed by atoms with Gasteiger partial charge < -0.3 is 0 Å². The lowest BCUT2D eigenvalue weighted by atomic mass is 10.0. The molecule has 0 saturated carbocycles. The number of thiol groups is 1. The minimum absolute atomic E-state index is 0.847. The maximum absolute atomic E-state index is 8.59. The van der Waals surface area contributed by atoms with Gasteiger partial charge in [-0.05, 0) is 0 Å². The summed E-state index contributed by atoms with van der Waals surface area (Å²) in [6.45, 7) is 0. The van der Waals surface area contributed by atoms with Crippen molar-refractivity contribution in [2.24, 2.45) is 0 Å². The van der Waals surface area contributed by atoms with Gasteiger partial charge in [-0.2, -0.15) is 0 Å². The fourth-order valence-corrected chi connectivity index (χ4v) is 26.1. The van der Waals surface area contributed by atoms with Crippen LogP contribution >= 0.6 is 414 Å². The van der Waals surface area contributed by atoms with E-state index in [1.165, 1.54) is 0 Å². The largest absolute Gasteiger partial charge is 0.288 e. The normalized spacial score (nSPS) is 16.4. The molecule has 0 bridgehead atoms. The second-order valence-electron chi connectivity index (χ2n) is 6.98. The Morgan fingerprint density at radius 2 is 0.333 bits per heavy atom. The summed E-state index contributed by atoms with van der Waals surface area (Å²) in [7, 11) is -3.12. The summed E-state index contributed by atoms with van der Waals surface area (Å²) in [4.78, 5) is 0. The third kappa shape index (κ3) is 11.2. The second-order valence-corrected chi connectivity index (χ2v) is 55.4. The van der Waals surface area contributed by atoms with Gasteiger partial charge in [-0.1, -0.05) is 414 Å². The molecule has 0 rings (SSSR count). The molecule has 0 unspecified atom stereocenters. The molecule has 0 fully saturated rings. The van der Waals surface area contributed by atoms with E-state index in [-0.39, 0.29) is 0 Å². The summed E-state index contributed by atoms with van der Waals surface area (Å²) < 4.78 is 11.6. The molecule has 42 heavy (non-hydrogen) atoms. The molecule has 0 aliphatic heterocycles. The van der Waals surface area contributed by atoms with Crippen LogP contribution in [0.5, 0.6) is 0 Å². The van der Waals surface area contributed by atoms with Crippen LogP contribution in [-0.4, -0.2) is 49.6 Å². The molecule has 0 aromatic carbocycles. The van der Waals surface area contributed by atoms with E-state index >= 15 is 0 Å². The van der Waals surface area contributed by atoms with Gasteiger partial charge in [0.25, 0.3) is 11.0 Å². The van der Waals surface area contributed by atoms with Gasteiger partial charge in [0.05, 0.1) is 0 Å². The van der Waals surface area contributed by atoms with Crippen LogP contribution in [-0.2, 0) is 11.0 Å². The third-order valence-electron chi connectivity index (χ3n) is 4.26. The molecular formula is C12H2Br26O3S. The highest BCUT2D eigenvalue weighted by Gasteiger charge is 2.81. The fraction of sp³-hybridized carbons (Fsp3) is 1.00. The Bertz CT molecular complexity index is 950. The summed E-state index contributed by atoms with van der Waals surface area (Å²) in [5, 5.41) is 0. The molecule has 0 aromatic rings. The molecule has 0 aliphatic rings. The number of hydrogen-bond donors (Lipinski definition) is 2. The quantitative estimate of drug-likeness (QED) is 0.137. The molecule has 256 valence electrons. The van der Waals surface area contributed by atoms with Crippen molar-refractivity contribution in [2.45, 2.75) is 36.6 Å². The SMILES string of the molecule is BrC(Br)(Br)C(Br)(Br)C(Br)(Br)C(Br)(Br)C(Br)(Br)C(Br)(Br)C(Br)(Br)C(Br)(Br)C(Br)(Br)C(Br)(Br)C(Br)(Br)C(Br)(Br)Br.O=[SH](=O)O. The zero-order chi connectivity index (χ0) is 35.6. The van der Waals surface area contributed by atoms with E-state index in [9.17, 15) is 0 Å². The van der Waals surface area contributed by atoms with Crippen molar-refractivity contribution in [3.63, 3.8) is 0 Å². The van der Waals surface area contributed by atoms with Crippen LogP contribution in [0.2, 0.25) is 0 Å². The molecule has 3 nitrogen and oxygen atoms in total. The van der Waals surface area contributed by atoms with Crippen molar-refractivity contribution in [3.05, 3.63) is 0 Å². The van der Waals surface area contributed by atoms with Gasteiger partial charge in [-0.25, -0.2) is 8.42 Å². The van der Waals surface area contributed by atoms with Crippen molar-refractivity contribution >= 4 is 425 Å². The zero-order valence-electron chi connectivity index (χ0n) is 17.5. The number of hydrogen-bond acceptors (Lipinski definition) is 2. The van der Waals surface area contributed by atoms with Gasteiger partial charge in [0.2, 0.25) is 0 Å². The Kier molecular flexibility index (Phi) is 25.8. The van der Waals surface area contributed by atoms with Gasteiger partial charge in [0.1, 0.15) is 32.3 Å². The van der Waals surface area contributed by atoms with E-state index in [4.69, 9.17) is 13.0 Å². The first-order valence-corrected chi connectivity index (χ1v) is 30.0. The number of alkyl halides is 26. The summed E-state index contributed by atoms with van der Waals surface area (Å²) >= 11 is 99.1. The van der Waals surface area contributed by atoms with Crippen molar-refractivity contribution < 1.29 is 13.0 Å². The monoisotopic (exact) mass is 2280 g/mol. The minimum atomic E-state index is -3.12. The smallest absolute Gasteiger partial charge is 0.254 e. The van der Waals surface area contributed by atoms with E-state index < -0.39 is 47.6 Å². The molecule has 0 amide bonds. The Morgan fingerprint density at radius 1 is 0.262 bits per heavy atom. The van der Waals surface area contributed by atoms with Crippen molar-refractivity contribution in [1.29, 1.82) is 0 Å². The standard InChI is InChI=1S/C12Br26.H2O3S/c13-1(14,3(17,18)5(21,22)7(25,26)9(29,30)11(33,34)35)2(15,16)4(19,20)6(23,24)8(27,28)10(31,32)12(36,37)38;1-4(2)3/h;4H,(H,1,2,3). The Balaban J connectivity index is 0. The maximum Gasteiger partial charge on any atom is 0.254 e. The molecule has 0 radical (unpaired) electrons. The van der Waals surface area contributed by atoms with Crippen LogP contribution in [0, 0.1) is 0 Å². The predicted octanol–water partition coefficient (Wildman–Crippen LogP) is 18.6. The summed E-state index contributed by atoms with van der Waals surface area (Å²) in [6.07, 6.45) is 0. The highest BCUT2D eigenvalue weighted by atomic mass is 80.0. The Morgan fingerprint density at radius 3 is 0.405 bits per heavy atom. The lowest BCUT2D eigenvalue weighted by molar-refractivity contribution is 0.509. The minimum Gasteiger partial charge on any atom is -0.288 e. The van der Waals surface area contributed by atoms with Crippen molar-refractivity contribution in [1.82, 2.24) is 0 Å². The number of rotatable bonds is 9. The molecule has 0 saturated heterocycles. The average molecular weight is 2300 g/mol. The second kappa shape index (κ2) is 19.2. The van der Waals surface area contributed by atoms with Gasteiger partial charge in [-0.3, -0.25) is 4.55 Å².